The molecule has 0 aliphatic carbocycles. The number of aliphatic hydroxyl groups is 1. The van der Waals surface area contributed by atoms with Crippen molar-refractivity contribution >= 4 is 9.04 Å². The van der Waals surface area contributed by atoms with Crippen LogP contribution in [0.5, 0.6) is 0 Å². The summed E-state index contributed by atoms with van der Waals surface area (Å²) in [7, 11) is -1.74. The zero-order valence-electron chi connectivity index (χ0n) is 7.00. The summed E-state index contributed by atoms with van der Waals surface area (Å²) >= 11 is 0. The van der Waals surface area contributed by atoms with Gasteiger partial charge < -0.3 is 9.90 Å². The standard InChI is InChI=1S/C8H18O2Si/c9-8-6-4-2-1-3-5-7-11(8)10/h8-11H,1-7H2. The molecular weight excluding hydrogens is 156 g/mol. The van der Waals surface area contributed by atoms with E-state index in [1.54, 1.807) is 0 Å². The molecule has 1 rings (SSSR count). The van der Waals surface area contributed by atoms with E-state index in [2.05, 4.69) is 0 Å². The van der Waals surface area contributed by atoms with E-state index in [9.17, 15) is 9.90 Å². The van der Waals surface area contributed by atoms with Crippen LogP contribution in [0.4, 0.5) is 0 Å². The molecule has 11 heavy (non-hydrogen) atoms. The Morgan fingerprint density at radius 1 is 1.00 bits per heavy atom. The molecule has 2 N–H and O–H groups in total. The summed E-state index contributed by atoms with van der Waals surface area (Å²) in [5.41, 5.74) is -0.326. The fraction of sp³-hybridized carbons (Fsp3) is 1.00. The van der Waals surface area contributed by atoms with E-state index in [0.29, 0.717) is 0 Å². The third-order valence-corrected chi connectivity index (χ3v) is 4.67. The first-order chi connectivity index (χ1) is 5.30. The van der Waals surface area contributed by atoms with Gasteiger partial charge in [-0.1, -0.05) is 32.1 Å². The van der Waals surface area contributed by atoms with Crippen LogP contribution in [0.3, 0.4) is 0 Å². The van der Waals surface area contributed by atoms with Crippen LogP contribution in [0, 0.1) is 0 Å². The highest BCUT2D eigenvalue weighted by Gasteiger charge is 2.18. The van der Waals surface area contributed by atoms with E-state index in [-0.39, 0.29) is 5.73 Å². The summed E-state index contributed by atoms with van der Waals surface area (Å²) in [4.78, 5) is 9.50. The minimum absolute atomic E-state index is 0.326. The Morgan fingerprint density at radius 3 is 2.45 bits per heavy atom. The molecule has 1 aliphatic rings. The second-order valence-corrected chi connectivity index (χ2v) is 5.96. The zero-order valence-corrected chi connectivity index (χ0v) is 8.15. The molecule has 1 aliphatic heterocycles. The first kappa shape index (κ1) is 9.23. The molecule has 0 radical (unpaired) electrons. The predicted octanol–water partition coefficient (Wildman–Crippen LogP) is 0.957. The average molecular weight is 174 g/mol. The molecule has 1 fully saturated rings. The average Bonchev–Trinajstić information content (AvgIpc) is 2.07. The highest BCUT2D eigenvalue weighted by Crippen LogP contribution is 2.15. The van der Waals surface area contributed by atoms with Crippen molar-refractivity contribution in [2.75, 3.05) is 0 Å². The Balaban J connectivity index is 2.29. The van der Waals surface area contributed by atoms with Crippen molar-refractivity contribution in [3.05, 3.63) is 0 Å². The lowest BCUT2D eigenvalue weighted by Crippen LogP contribution is -2.30. The predicted molar refractivity (Wildman–Crippen MR) is 47.9 cm³/mol. The molecule has 66 valence electrons. The Hall–Kier alpha value is 0.137. The molecule has 1 heterocycles. The van der Waals surface area contributed by atoms with Crippen LogP contribution in [-0.4, -0.2) is 24.7 Å². The van der Waals surface area contributed by atoms with Gasteiger partial charge in [-0.05, 0) is 12.5 Å². The maximum absolute atomic E-state index is 9.50. The molecule has 0 aromatic carbocycles. The molecule has 2 nitrogen and oxygen atoms in total. The van der Waals surface area contributed by atoms with Crippen molar-refractivity contribution in [3.8, 4) is 0 Å². The van der Waals surface area contributed by atoms with Crippen LogP contribution in [0.1, 0.15) is 38.5 Å². The third kappa shape index (κ3) is 3.36. The molecule has 0 amide bonds. The number of rotatable bonds is 0. The highest BCUT2D eigenvalue weighted by molar-refractivity contribution is 6.51. The lowest BCUT2D eigenvalue weighted by atomic mass is 10.1. The fourth-order valence-corrected chi connectivity index (χ4v) is 3.33. The summed E-state index contributed by atoms with van der Waals surface area (Å²) in [6, 6.07) is 0.918. The van der Waals surface area contributed by atoms with E-state index in [1.165, 1.54) is 19.3 Å². The molecular formula is C8H18O2Si. The van der Waals surface area contributed by atoms with E-state index in [1.807, 2.05) is 0 Å². The number of hydrogen-bond acceptors (Lipinski definition) is 2. The Bertz CT molecular complexity index is 96.3. The van der Waals surface area contributed by atoms with Gasteiger partial charge in [0.25, 0.3) is 0 Å². The van der Waals surface area contributed by atoms with Gasteiger partial charge in [0.05, 0.1) is 5.73 Å². The maximum Gasteiger partial charge on any atom is 0.200 e. The normalized spacial score (nSPS) is 35.5. The lowest BCUT2D eigenvalue weighted by molar-refractivity contribution is 0.215. The summed E-state index contributed by atoms with van der Waals surface area (Å²) in [6.07, 6.45) is 6.84. The largest absolute Gasteiger partial charge is 0.432 e. The smallest absolute Gasteiger partial charge is 0.200 e. The van der Waals surface area contributed by atoms with Crippen LogP contribution in [-0.2, 0) is 0 Å². The maximum atomic E-state index is 9.50. The summed E-state index contributed by atoms with van der Waals surface area (Å²) in [5, 5.41) is 9.42. The zero-order chi connectivity index (χ0) is 8.10. The van der Waals surface area contributed by atoms with Gasteiger partial charge in [0.15, 0.2) is 0 Å². The Morgan fingerprint density at radius 2 is 1.64 bits per heavy atom. The molecule has 0 bridgehead atoms. The molecule has 0 aromatic rings. The van der Waals surface area contributed by atoms with Gasteiger partial charge in [0.1, 0.15) is 0 Å². The fourth-order valence-electron chi connectivity index (χ4n) is 1.62. The van der Waals surface area contributed by atoms with Gasteiger partial charge in [0.2, 0.25) is 9.04 Å². The Kier molecular flexibility index (Phi) is 4.11. The lowest BCUT2D eigenvalue weighted by Gasteiger charge is -2.13. The van der Waals surface area contributed by atoms with Crippen molar-refractivity contribution in [1.29, 1.82) is 0 Å². The first-order valence-corrected chi connectivity index (χ1v) is 6.67. The van der Waals surface area contributed by atoms with Gasteiger partial charge in [-0.15, -0.1) is 0 Å². The van der Waals surface area contributed by atoms with Crippen molar-refractivity contribution < 1.29 is 9.90 Å². The topological polar surface area (TPSA) is 40.5 Å². The van der Waals surface area contributed by atoms with E-state index in [4.69, 9.17) is 0 Å². The minimum atomic E-state index is -1.74. The first-order valence-electron chi connectivity index (χ1n) is 4.67. The number of aliphatic hydroxyl groups excluding tert-OH is 1. The van der Waals surface area contributed by atoms with Crippen LogP contribution in [0.25, 0.3) is 0 Å². The Labute approximate surface area is 70.0 Å². The SMILES string of the molecule is OC1CCCCCCC[SiH]1O. The molecule has 2 unspecified atom stereocenters. The van der Waals surface area contributed by atoms with Crippen molar-refractivity contribution in [3.63, 3.8) is 0 Å². The van der Waals surface area contributed by atoms with Crippen LogP contribution >= 0.6 is 0 Å². The molecule has 1 saturated heterocycles. The van der Waals surface area contributed by atoms with Gasteiger partial charge in [-0.3, -0.25) is 0 Å². The molecule has 0 spiro atoms. The second-order valence-electron chi connectivity index (χ2n) is 3.48. The van der Waals surface area contributed by atoms with Gasteiger partial charge in [-0.2, -0.15) is 0 Å². The van der Waals surface area contributed by atoms with Gasteiger partial charge in [0, 0.05) is 0 Å². The van der Waals surface area contributed by atoms with Crippen molar-refractivity contribution in [1.82, 2.24) is 0 Å². The highest BCUT2D eigenvalue weighted by atomic mass is 28.3. The summed E-state index contributed by atoms with van der Waals surface area (Å²) in [5.74, 6) is 0. The summed E-state index contributed by atoms with van der Waals surface area (Å²) in [6.45, 7) is 0. The number of hydrogen-bond donors (Lipinski definition) is 2. The monoisotopic (exact) mass is 174 g/mol. The quantitative estimate of drug-likeness (QED) is 0.537. The molecule has 2 atom stereocenters. The van der Waals surface area contributed by atoms with Crippen LogP contribution in [0.2, 0.25) is 6.04 Å². The van der Waals surface area contributed by atoms with E-state index in [0.717, 1.165) is 25.3 Å². The van der Waals surface area contributed by atoms with E-state index < -0.39 is 9.04 Å². The van der Waals surface area contributed by atoms with Gasteiger partial charge >= 0.3 is 0 Å². The van der Waals surface area contributed by atoms with Crippen molar-refractivity contribution in [2.45, 2.75) is 50.3 Å². The van der Waals surface area contributed by atoms with Crippen molar-refractivity contribution in [2.24, 2.45) is 0 Å². The van der Waals surface area contributed by atoms with Crippen LogP contribution in [0.15, 0.2) is 0 Å². The molecule has 0 saturated carbocycles. The van der Waals surface area contributed by atoms with E-state index >= 15 is 0 Å². The minimum Gasteiger partial charge on any atom is -0.432 e. The second kappa shape index (κ2) is 4.90. The summed E-state index contributed by atoms with van der Waals surface area (Å²) < 4.78 is 0. The molecule has 0 aromatic heterocycles. The third-order valence-electron chi connectivity index (χ3n) is 2.44. The molecule has 3 heteroatoms. The van der Waals surface area contributed by atoms with Gasteiger partial charge in [-0.25, -0.2) is 0 Å². The van der Waals surface area contributed by atoms with Crippen LogP contribution < -0.4 is 0 Å².